The van der Waals surface area contributed by atoms with E-state index >= 15 is 0 Å². The molecular formula is C15H15BrN2O5. The van der Waals surface area contributed by atoms with Crippen molar-refractivity contribution in [2.24, 2.45) is 5.92 Å². The molecular weight excluding hydrogens is 368 g/mol. The highest BCUT2D eigenvalue weighted by molar-refractivity contribution is 9.10. The lowest BCUT2D eigenvalue weighted by atomic mass is 10.0. The number of benzene rings is 1. The summed E-state index contributed by atoms with van der Waals surface area (Å²) in [7, 11) is 0. The number of aliphatic carboxylic acids is 1. The van der Waals surface area contributed by atoms with Crippen LogP contribution in [-0.2, 0) is 9.59 Å². The van der Waals surface area contributed by atoms with Crippen molar-refractivity contribution >= 4 is 39.4 Å². The molecule has 7 nitrogen and oxygen atoms in total. The lowest BCUT2D eigenvalue weighted by molar-refractivity contribution is -0.142. The Labute approximate surface area is 140 Å². The van der Waals surface area contributed by atoms with Gasteiger partial charge in [-0.2, -0.15) is 0 Å². The highest BCUT2D eigenvalue weighted by Crippen LogP contribution is 2.35. The molecule has 8 heteroatoms. The van der Waals surface area contributed by atoms with Gasteiger partial charge in [0.2, 0.25) is 0 Å². The molecule has 2 heterocycles. The standard InChI is InChI=1S/C15H15BrN2O5/c1-7-8(15(21)22)2-3-18(7)14(20)9-4-12-11(5-10(9)16)17-13(19)6-23-12/h4-5,7-8H,2-3,6H2,1H3,(H,17,19)(H,21,22). The van der Waals surface area contributed by atoms with Gasteiger partial charge in [-0.1, -0.05) is 0 Å². The molecule has 1 saturated heterocycles. The molecule has 2 aliphatic rings. The number of rotatable bonds is 2. The van der Waals surface area contributed by atoms with Gasteiger partial charge >= 0.3 is 5.97 Å². The molecule has 2 N–H and O–H groups in total. The van der Waals surface area contributed by atoms with Crippen molar-refractivity contribution < 1.29 is 24.2 Å². The largest absolute Gasteiger partial charge is 0.482 e. The Hall–Kier alpha value is -2.09. The molecule has 1 fully saturated rings. The summed E-state index contributed by atoms with van der Waals surface area (Å²) < 4.78 is 5.86. The van der Waals surface area contributed by atoms with Crippen LogP contribution in [0.4, 0.5) is 5.69 Å². The Kier molecular flexibility index (Phi) is 4.01. The fraction of sp³-hybridized carbons (Fsp3) is 0.400. The van der Waals surface area contributed by atoms with Crippen LogP contribution in [0, 0.1) is 5.92 Å². The number of ether oxygens (including phenoxy) is 1. The first-order chi connectivity index (χ1) is 10.9. The number of carbonyl (C=O) groups is 3. The van der Waals surface area contributed by atoms with E-state index < -0.39 is 11.9 Å². The number of nitrogens with zero attached hydrogens (tertiary/aromatic N) is 1. The topological polar surface area (TPSA) is 95.9 Å². The zero-order valence-corrected chi connectivity index (χ0v) is 13.9. The van der Waals surface area contributed by atoms with Gasteiger partial charge in [0.1, 0.15) is 5.75 Å². The lowest BCUT2D eigenvalue weighted by Gasteiger charge is -2.25. The Bertz CT molecular complexity index is 705. The second-order valence-electron chi connectivity index (χ2n) is 5.64. The molecule has 0 aliphatic carbocycles. The van der Waals surface area contributed by atoms with Gasteiger partial charge in [0.05, 0.1) is 17.2 Å². The van der Waals surface area contributed by atoms with Crippen molar-refractivity contribution in [2.75, 3.05) is 18.5 Å². The fourth-order valence-corrected chi connectivity index (χ4v) is 3.49. The summed E-state index contributed by atoms with van der Waals surface area (Å²) in [5.41, 5.74) is 0.889. The minimum Gasteiger partial charge on any atom is -0.482 e. The number of anilines is 1. The van der Waals surface area contributed by atoms with E-state index in [1.165, 1.54) is 0 Å². The Morgan fingerprint density at radius 1 is 1.43 bits per heavy atom. The smallest absolute Gasteiger partial charge is 0.308 e. The van der Waals surface area contributed by atoms with E-state index in [-0.39, 0.29) is 24.5 Å². The van der Waals surface area contributed by atoms with E-state index in [9.17, 15) is 19.5 Å². The molecule has 2 aliphatic heterocycles. The number of likely N-dealkylation sites (tertiary alicyclic amines) is 1. The van der Waals surface area contributed by atoms with Crippen molar-refractivity contribution in [2.45, 2.75) is 19.4 Å². The first-order valence-electron chi connectivity index (χ1n) is 7.18. The van der Waals surface area contributed by atoms with Crippen LogP contribution in [0.25, 0.3) is 0 Å². The van der Waals surface area contributed by atoms with Crippen molar-refractivity contribution in [3.05, 3.63) is 22.2 Å². The van der Waals surface area contributed by atoms with Crippen LogP contribution in [0.2, 0.25) is 0 Å². The van der Waals surface area contributed by atoms with Crippen LogP contribution in [0.5, 0.6) is 5.75 Å². The van der Waals surface area contributed by atoms with Crippen molar-refractivity contribution in [3.8, 4) is 5.75 Å². The van der Waals surface area contributed by atoms with E-state index in [4.69, 9.17) is 4.74 Å². The molecule has 0 bridgehead atoms. The monoisotopic (exact) mass is 382 g/mol. The summed E-state index contributed by atoms with van der Waals surface area (Å²) in [5.74, 6) is -1.51. The molecule has 122 valence electrons. The molecule has 0 aromatic heterocycles. The van der Waals surface area contributed by atoms with Gasteiger partial charge in [-0.05, 0) is 41.4 Å². The predicted octanol–water partition coefficient (Wildman–Crippen LogP) is 1.72. The third-order valence-corrected chi connectivity index (χ3v) is 4.92. The summed E-state index contributed by atoms with van der Waals surface area (Å²) in [6, 6.07) is 2.82. The molecule has 1 aromatic carbocycles. The Balaban J connectivity index is 1.89. The number of nitrogens with one attached hydrogen (secondary N) is 1. The number of carboxylic acid groups (broad SMARTS) is 1. The Morgan fingerprint density at radius 3 is 2.83 bits per heavy atom. The quantitative estimate of drug-likeness (QED) is 0.811. The summed E-state index contributed by atoms with van der Waals surface area (Å²) >= 11 is 3.34. The molecule has 2 unspecified atom stereocenters. The lowest BCUT2D eigenvalue weighted by Crippen LogP contribution is -2.38. The highest BCUT2D eigenvalue weighted by atomic mass is 79.9. The average Bonchev–Trinajstić information content (AvgIpc) is 2.87. The maximum Gasteiger partial charge on any atom is 0.308 e. The fourth-order valence-electron chi connectivity index (χ4n) is 2.98. The first-order valence-corrected chi connectivity index (χ1v) is 7.97. The van der Waals surface area contributed by atoms with Crippen molar-refractivity contribution in [1.82, 2.24) is 4.90 Å². The van der Waals surface area contributed by atoms with E-state index in [1.807, 2.05) is 0 Å². The van der Waals surface area contributed by atoms with Gasteiger partial charge in [-0.25, -0.2) is 0 Å². The number of carboxylic acids is 1. The van der Waals surface area contributed by atoms with Crippen LogP contribution in [0.1, 0.15) is 23.7 Å². The van der Waals surface area contributed by atoms with Crippen LogP contribution < -0.4 is 10.1 Å². The molecule has 0 saturated carbocycles. The predicted molar refractivity (Wildman–Crippen MR) is 84.5 cm³/mol. The van der Waals surface area contributed by atoms with Gasteiger partial charge in [-0.3, -0.25) is 14.4 Å². The minimum atomic E-state index is -0.886. The van der Waals surface area contributed by atoms with Crippen LogP contribution in [0.3, 0.4) is 0 Å². The number of hydrogen-bond acceptors (Lipinski definition) is 4. The third-order valence-electron chi connectivity index (χ3n) is 4.27. The second-order valence-corrected chi connectivity index (χ2v) is 6.49. The average molecular weight is 383 g/mol. The van der Waals surface area contributed by atoms with E-state index in [1.54, 1.807) is 24.0 Å². The zero-order chi connectivity index (χ0) is 16.7. The number of fused-ring (bicyclic) bond motifs is 1. The van der Waals surface area contributed by atoms with Crippen LogP contribution >= 0.6 is 15.9 Å². The molecule has 2 atom stereocenters. The second kappa shape index (κ2) is 5.84. The molecule has 1 aromatic rings. The maximum atomic E-state index is 12.8. The van der Waals surface area contributed by atoms with Gasteiger partial charge < -0.3 is 20.1 Å². The van der Waals surface area contributed by atoms with Gasteiger partial charge in [0, 0.05) is 17.1 Å². The minimum absolute atomic E-state index is 0.0938. The van der Waals surface area contributed by atoms with Gasteiger partial charge in [0.15, 0.2) is 6.61 Å². The SMILES string of the molecule is CC1C(C(=O)O)CCN1C(=O)c1cc2c(cc1Br)NC(=O)CO2. The summed E-state index contributed by atoms with van der Waals surface area (Å²) in [6.07, 6.45) is 0.442. The molecule has 3 rings (SSSR count). The summed E-state index contributed by atoms with van der Waals surface area (Å²) in [4.78, 5) is 36.8. The number of hydrogen-bond donors (Lipinski definition) is 2. The number of halogens is 1. The Morgan fingerprint density at radius 2 is 2.17 bits per heavy atom. The number of amides is 2. The van der Waals surface area contributed by atoms with Gasteiger partial charge in [-0.15, -0.1) is 0 Å². The van der Waals surface area contributed by atoms with Crippen molar-refractivity contribution in [3.63, 3.8) is 0 Å². The maximum absolute atomic E-state index is 12.8. The number of carbonyl (C=O) groups excluding carboxylic acids is 2. The molecule has 2 amide bonds. The zero-order valence-electron chi connectivity index (χ0n) is 12.3. The molecule has 0 radical (unpaired) electrons. The first kappa shape index (κ1) is 15.8. The molecule has 0 spiro atoms. The van der Waals surface area contributed by atoms with Crippen LogP contribution in [0.15, 0.2) is 16.6 Å². The summed E-state index contributed by atoms with van der Waals surface area (Å²) in [5, 5.41) is 11.9. The summed E-state index contributed by atoms with van der Waals surface area (Å²) in [6.45, 7) is 2.05. The highest BCUT2D eigenvalue weighted by Gasteiger charge is 2.39. The van der Waals surface area contributed by atoms with E-state index in [0.29, 0.717) is 34.4 Å². The normalized spacial score (nSPS) is 23.0. The van der Waals surface area contributed by atoms with Gasteiger partial charge in [0.25, 0.3) is 11.8 Å². The van der Waals surface area contributed by atoms with E-state index in [2.05, 4.69) is 21.2 Å². The van der Waals surface area contributed by atoms with Crippen LogP contribution in [-0.4, -0.2) is 47.0 Å². The van der Waals surface area contributed by atoms with E-state index in [0.717, 1.165) is 0 Å². The van der Waals surface area contributed by atoms with Crippen molar-refractivity contribution in [1.29, 1.82) is 0 Å². The molecule has 23 heavy (non-hydrogen) atoms. The third kappa shape index (κ3) is 2.78.